The molecule has 0 N–H and O–H groups in total. The van der Waals surface area contributed by atoms with E-state index in [-0.39, 0.29) is 5.63 Å². The smallest absolute Gasteiger partial charge is 0.348 e. The van der Waals surface area contributed by atoms with Crippen LogP contribution in [-0.4, -0.2) is 4.98 Å². The zero-order valence-corrected chi connectivity index (χ0v) is 10.7. The Balaban J connectivity index is 2.27. The van der Waals surface area contributed by atoms with Gasteiger partial charge >= 0.3 is 5.63 Å². The van der Waals surface area contributed by atoms with Crippen LogP contribution in [0.3, 0.4) is 0 Å². The lowest BCUT2D eigenvalue weighted by atomic mass is 10.3. The van der Waals surface area contributed by atoms with Crippen LogP contribution in [0.15, 0.2) is 32.8 Å². The summed E-state index contributed by atoms with van der Waals surface area (Å²) in [5, 5.41) is 2.53. The molecule has 0 aromatic carbocycles. The average molecular weight is 263 g/mol. The van der Waals surface area contributed by atoms with E-state index < -0.39 is 0 Å². The van der Waals surface area contributed by atoms with Gasteiger partial charge in [-0.05, 0) is 23.9 Å². The molecule has 0 aliphatic carbocycles. The van der Waals surface area contributed by atoms with Gasteiger partial charge in [0.15, 0.2) is 0 Å². The van der Waals surface area contributed by atoms with Crippen molar-refractivity contribution in [3.8, 4) is 10.8 Å². The predicted molar refractivity (Wildman–Crippen MR) is 70.8 cm³/mol. The largest absolute Gasteiger partial charge is 0.402 e. The summed E-state index contributed by atoms with van der Waals surface area (Å²) in [4.78, 5) is 19.0. The van der Waals surface area contributed by atoms with Gasteiger partial charge in [0.1, 0.15) is 4.83 Å². The van der Waals surface area contributed by atoms with Gasteiger partial charge in [-0.2, -0.15) is 0 Å². The molecule has 5 heteroatoms. The maximum atomic E-state index is 11.8. The summed E-state index contributed by atoms with van der Waals surface area (Å²) in [5.41, 5.74) is -0.297. The SMILES string of the molecule is CCc1cc2c(=O)oc(-c3cccs3)nc2s1. The van der Waals surface area contributed by atoms with Gasteiger partial charge in [0, 0.05) is 4.88 Å². The molecule has 0 radical (unpaired) electrons. The number of thiophene rings is 2. The number of rotatable bonds is 2. The molecule has 0 saturated heterocycles. The lowest BCUT2D eigenvalue weighted by Gasteiger charge is -1.94. The van der Waals surface area contributed by atoms with Crippen LogP contribution < -0.4 is 5.63 Å². The second kappa shape index (κ2) is 4.09. The Morgan fingerprint density at radius 2 is 2.35 bits per heavy atom. The second-order valence-electron chi connectivity index (χ2n) is 3.57. The van der Waals surface area contributed by atoms with Crippen molar-refractivity contribution in [3.63, 3.8) is 0 Å². The van der Waals surface area contributed by atoms with Crippen molar-refractivity contribution in [2.45, 2.75) is 13.3 Å². The van der Waals surface area contributed by atoms with Crippen LogP contribution in [0.2, 0.25) is 0 Å². The van der Waals surface area contributed by atoms with E-state index in [1.165, 1.54) is 11.3 Å². The van der Waals surface area contributed by atoms with E-state index in [4.69, 9.17) is 4.42 Å². The first-order valence-electron chi connectivity index (χ1n) is 5.25. The van der Waals surface area contributed by atoms with Gasteiger partial charge < -0.3 is 4.42 Å². The van der Waals surface area contributed by atoms with Crippen molar-refractivity contribution in [1.82, 2.24) is 4.98 Å². The summed E-state index contributed by atoms with van der Waals surface area (Å²) in [7, 11) is 0. The quantitative estimate of drug-likeness (QED) is 0.710. The van der Waals surface area contributed by atoms with Crippen LogP contribution in [0.25, 0.3) is 21.0 Å². The van der Waals surface area contributed by atoms with E-state index in [1.54, 1.807) is 11.3 Å². The summed E-state index contributed by atoms with van der Waals surface area (Å²) in [5.74, 6) is 0.419. The van der Waals surface area contributed by atoms with Gasteiger partial charge in [0.25, 0.3) is 0 Å². The van der Waals surface area contributed by atoms with Crippen molar-refractivity contribution in [1.29, 1.82) is 0 Å². The lowest BCUT2D eigenvalue weighted by Crippen LogP contribution is -1.99. The van der Waals surface area contributed by atoms with E-state index in [9.17, 15) is 4.79 Å². The molecule has 3 nitrogen and oxygen atoms in total. The summed E-state index contributed by atoms with van der Waals surface area (Å²) in [6, 6.07) is 5.69. The topological polar surface area (TPSA) is 43.1 Å². The summed E-state index contributed by atoms with van der Waals surface area (Å²) in [6.45, 7) is 2.06. The number of hydrogen-bond acceptors (Lipinski definition) is 5. The minimum atomic E-state index is -0.297. The van der Waals surface area contributed by atoms with Gasteiger partial charge in [-0.15, -0.1) is 22.7 Å². The first-order valence-corrected chi connectivity index (χ1v) is 6.95. The maximum absolute atomic E-state index is 11.8. The molecule has 0 amide bonds. The Hall–Kier alpha value is -1.46. The Morgan fingerprint density at radius 1 is 1.47 bits per heavy atom. The van der Waals surface area contributed by atoms with Crippen LogP contribution in [0.5, 0.6) is 0 Å². The molecule has 3 aromatic heterocycles. The van der Waals surface area contributed by atoms with E-state index >= 15 is 0 Å². The Kier molecular flexibility index (Phi) is 2.57. The standard InChI is InChI=1S/C12H9NO2S2/c1-2-7-6-8-11(17-7)13-10(15-12(8)14)9-4-3-5-16-9/h3-6H,2H2,1H3. The average Bonchev–Trinajstić information content (AvgIpc) is 2.97. The van der Waals surface area contributed by atoms with Gasteiger partial charge in [-0.25, -0.2) is 9.78 Å². The molecule has 0 bridgehead atoms. The lowest BCUT2D eigenvalue weighted by molar-refractivity contribution is 0.520. The molecule has 3 heterocycles. The van der Waals surface area contributed by atoms with Crippen molar-refractivity contribution < 1.29 is 4.42 Å². The number of fused-ring (bicyclic) bond motifs is 1. The first-order chi connectivity index (χ1) is 8.28. The Morgan fingerprint density at radius 3 is 3.06 bits per heavy atom. The molecule has 0 atom stereocenters. The van der Waals surface area contributed by atoms with Crippen molar-refractivity contribution in [2.24, 2.45) is 0 Å². The molecule has 0 aliphatic heterocycles. The minimum Gasteiger partial charge on any atom is -0.402 e. The Labute approximate surface area is 105 Å². The number of nitrogens with zero attached hydrogens (tertiary/aromatic N) is 1. The normalized spacial score (nSPS) is 11.1. The highest BCUT2D eigenvalue weighted by Gasteiger charge is 2.11. The zero-order chi connectivity index (χ0) is 11.8. The molecule has 0 saturated carbocycles. The molecule has 0 fully saturated rings. The third-order valence-corrected chi connectivity index (χ3v) is 4.49. The summed E-state index contributed by atoms with van der Waals surface area (Å²) in [6.07, 6.45) is 0.912. The van der Waals surface area contributed by atoms with Gasteiger partial charge in [-0.3, -0.25) is 0 Å². The monoisotopic (exact) mass is 263 g/mol. The van der Waals surface area contributed by atoms with Crippen molar-refractivity contribution in [2.75, 3.05) is 0 Å². The highest BCUT2D eigenvalue weighted by atomic mass is 32.1. The van der Waals surface area contributed by atoms with E-state index in [1.807, 2.05) is 23.6 Å². The number of aryl methyl sites for hydroxylation is 1. The second-order valence-corrected chi connectivity index (χ2v) is 5.63. The molecule has 0 spiro atoms. The molecular formula is C12H9NO2S2. The van der Waals surface area contributed by atoms with Crippen LogP contribution >= 0.6 is 22.7 Å². The maximum Gasteiger partial charge on any atom is 0.348 e. The molecule has 86 valence electrons. The molecule has 0 aliphatic rings. The van der Waals surface area contributed by atoms with Crippen LogP contribution in [-0.2, 0) is 6.42 Å². The minimum absolute atomic E-state index is 0.297. The van der Waals surface area contributed by atoms with E-state index in [0.29, 0.717) is 11.3 Å². The first kappa shape index (κ1) is 10.7. The fourth-order valence-electron chi connectivity index (χ4n) is 1.60. The number of hydrogen-bond donors (Lipinski definition) is 0. The summed E-state index contributed by atoms with van der Waals surface area (Å²) < 4.78 is 5.24. The molecule has 0 unspecified atom stereocenters. The van der Waals surface area contributed by atoms with Gasteiger partial charge in [-0.1, -0.05) is 13.0 Å². The fourth-order valence-corrected chi connectivity index (χ4v) is 3.20. The molecule has 17 heavy (non-hydrogen) atoms. The van der Waals surface area contributed by atoms with Gasteiger partial charge in [0.2, 0.25) is 5.89 Å². The fraction of sp³-hybridized carbons (Fsp3) is 0.167. The molecule has 3 rings (SSSR count). The third-order valence-electron chi connectivity index (χ3n) is 2.46. The van der Waals surface area contributed by atoms with Crippen molar-refractivity contribution >= 4 is 32.9 Å². The van der Waals surface area contributed by atoms with E-state index in [2.05, 4.69) is 11.9 Å². The molecular weight excluding hydrogens is 254 g/mol. The van der Waals surface area contributed by atoms with Crippen molar-refractivity contribution in [3.05, 3.63) is 38.9 Å². The number of aromatic nitrogens is 1. The van der Waals surface area contributed by atoms with Crippen LogP contribution in [0.4, 0.5) is 0 Å². The molecule has 3 aromatic rings. The van der Waals surface area contributed by atoms with Crippen LogP contribution in [0.1, 0.15) is 11.8 Å². The summed E-state index contributed by atoms with van der Waals surface area (Å²) >= 11 is 3.07. The highest BCUT2D eigenvalue weighted by molar-refractivity contribution is 7.18. The zero-order valence-electron chi connectivity index (χ0n) is 9.10. The predicted octanol–water partition coefficient (Wildman–Crippen LogP) is 3.54. The Bertz CT molecular complexity index is 710. The highest BCUT2D eigenvalue weighted by Crippen LogP contribution is 2.27. The van der Waals surface area contributed by atoms with E-state index in [0.717, 1.165) is 21.0 Å². The van der Waals surface area contributed by atoms with Gasteiger partial charge in [0.05, 0.1) is 10.3 Å². The third kappa shape index (κ3) is 1.81. The van der Waals surface area contributed by atoms with Crippen LogP contribution in [0, 0.1) is 0 Å².